The minimum absolute atomic E-state index is 0.0172. The van der Waals surface area contributed by atoms with Gasteiger partial charge in [-0.3, -0.25) is 0 Å². The van der Waals surface area contributed by atoms with E-state index in [-0.39, 0.29) is 12.7 Å². The molecule has 0 radical (unpaired) electrons. The second-order valence-electron chi connectivity index (χ2n) is 2.68. The lowest BCUT2D eigenvalue weighted by Gasteiger charge is -2.13. The molecule has 0 amide bonds. The first-order chi connectivity index (χ1) is 5.61. The van der Waals surface area contributed by atoms with E-state index in [0.29, 0.717) is 12.8 Å². The molecule has 0 saturated heterocycles. The number of carbonyl (C=O) groups excluding carboxylic acids is 1. The maximum atomic E-state index is 10.9. The highest BCUT2D eigenvalue weighted by Crippen LogP contribution is 2.01. The van der Waals surface area contributed by atoms with Crippen LogP contribution in [0.2, 0.25) is 0 Å². The molecule has 72 valence electrons. The predicted octanol–water partition coefficient (Wildman–Crippen LogP) is 0.0714. The Bertz CT molecular complexity index is 135. The van der Waals surface area contributed by atoms with Crippen molar-refractivity contribution in [3.63, 3.8) is 0 Å². The number of rotatable bonds is 5. The topological polar surface area (TPSA) is 66.8 Å². The van der Waals surface area contributed by atoms with Gasteiger partial charge in [0.05, 0.1) is 0 Å². The number of esters is 1. The van der Waals surface area contributed by atoms with Crippen molar-refractivity contribution in [2.24, 2.45) is 0 Å². The highest BCUT2D eigenvalue weighted by molar-refractivity contribution is 5.74. The van der Waals surface area contributed by atoms with E-state index in [1.54, 1.807) is 13.8 Å². The molecule has 4 nitrogen and oxygen atoms in total. The first-order valence-corrected chi connectivity index (χ1v) is 4.11. The molecular formula is C8H16O4. The van der Waals surface area contributed by atoms with Gasteiger partial charge in [0.2, 0.25) is 0 Å². The van der Waals surface area contributed by atoms with Crippen LogP contribution in [0.3, 0.4) is 0 Å². The van der Waals surface area contributed by atoms with Gasteiger partial charge in [-0.15, -0.1) is 0 Å². The molecule has 1 unspecified atom stereocenters. The van der Waals surface area contributed by atoms with Gasteiger partial charge in [0.1, 0.15) is 6.10 Å². The van der Waals surface area contributed by atoms with Crippen molar-refractivity contribution in [1.82, 2.24) is 0 Å². The standard InChI is InChI=1S/C8H16O4/c1-3-7(10)8(11)12-6(2)4-5-9/h6-7,9-10H,3-5H2,1-2H3/t6?,7-/m1/s1. The zero-order valence-electron chi connectivity index (χ0n) is 7.49. The van der Waals surface area contributed by atoms with Crippen LogP contribution in [-0.2, 0) is 9.53 Å². The van der Waals surface area contributed by atoms with E-state index in [2.05, 4.69) is 0 Å². The SMILES string of the molecule is CC[C@@H](O)C(=O)OC(C)CCO. The highest BCUT2D eigenvalue weighted by atomic mass is 16.6. The van der Waals surface area contributed by atoms with Gasteiger partial charge in [0, 0.05) is 13.0 Å². The Kier molecular flexibility index (Phi) is 5.66. The van der Waals surface area contributed by atoms with E-state index in [4.69, 9.17) is 14.9 Å². The summed E-state index contributed by atoms with van der Waals surface area (Å²) in [5, 5.41) is 17.5. The first-order valence-electron chi connectivity index (χ1n) is 4.11. The van der Waals surface area contributed by atoms with E-state index in [9.17, 15) is 4.79 Å². The fourth-order valence-electron chi connectivity index (χ4n) is 0.684. The van der Waals surface area contributed by atoms with Crippen LogP contribution in [0.5, 0.6) is 0 Å². The van der Waals surface area contributed by atoms with Crippen molar-refractivity contribution in [3.05, 3.63) is 0 Å². The van der Waals surface area contributed by atoms with Gasteiger partial charge in [0.25, 0.3) is 0 Å². The van der Waals surface area contributed by atoms with E-state index in [0.717, 1.165) is 0 Å². The molecule has 0 bridgehead atoms. The molecule has 0 spiro atoms. The molecule has 0 aromatic rings. The molecule has 0 fully saturated rings. The third-order valence-corrected chi connectivity index (χ3v) is 1.51. The zero-order chi connectivity index (χ0) is 9.56. The molecule has 0 aromatic heterocycles. The average molecular weight is 176 g/mol. The van der Waals surface area contributed by atoms with Crippen LogP contribution in [0.1, 0.15) is 26.7 Å². The van der Waals surface area contributed by atoms with Crippen LogP contribution in [0.4, 0.5) is 0 Å². The van der Waals surface area contributed by atoms with Crippen molar-refractivity contribution >= 4 is 5.97 Å². The molecule has 2 atom stereocenters. The van der Waals surface area contributed by atoms with E-state index in [1.807, 2.05) is 0 Å². The van der Waals surface area contributed by atoms with Gasteiger partial charge in [-0.1, -0.05) is 6.92 Å². The summed E-state index contributed by atoms with van der Waals surface area (Å²) in [4.78, 5) is 10.9. The zero-order valence-corrected chi connectivity index (χ0v) is 7.49. The Balaban J connectivity index is 3.67. The molecule has 0 aromatic carbocycles. The van der Waals surface area contributed by atoms with Gasteiger partial charge < -0.3 is 14.9 Å². The normalized spacial score (nSPS) is 15.3. The Morgan fingerprint density at radius 1 is 1.58 bits per heavy atom. The molecule has 0 heterocycles. The molecule has 4 heteroatoms. The van der Waals surface area contributed by atoms with E-state index in [1.165, 1.54) is 0 Å². The number of carbonyl (C=O) groups is 1. The number of aliphatic hydroxyl groups is 2. The van der Waals surface area contributed by atoms with Crippen molar-refractivity contribution in [3.8, 4) is 0 Å². The number of aliphatic hydroxyl groups excluding tert-OH is 2. The number of ether oxygens (including phenoxy) is 1. The quantitative estimate of drug-likeness (QED) is 0.582. The summed E-state index contributed by atoms with van der Waals surface area (Å²) in [6, 6.07) is 0. The lowest BCUT2D eigenvalue weighted by Crippen LogP contribution is -2.26. The summed E-state index contributed by atoms with van der Waals surface area (Å²) in [6.07, 6.45) is -0.609. The highest BCUT2D eigenvalue weighted by Gasteiger charge is 2.16. The lowest BCUT2D eigenvalue weighted by molar-refractivity contribution is -0.158. The maximum Gasteiger partial charge on any atom is 0.335 e. The van der Waals surface area contributed by atoms with Crippen LogP contribution in [-0.4, -0.2) is 35.0 Å². The Morgan fingerprint density at radius 2 is 2.17 bits per heavy atom. The molecule has 0 aliphatic rings. The second kappa shape index (κ2) is 5.97. The van der Waals surface area contributed by atoms with E-state index < -0.39 is 12.1 Å². The second-order valence-corrected chi connectivity index (χ2v) is 2.68. The van der Waals surface area contributed by atoms with Crippen molar-refractivity contribution < 1.29 is 19.7 Å². The van der Waals surface area contributed by atoms with Crippen LogP contribution in [0.25, 0.3) is 0 Å². The van der Waals surface area contributed by atoms with Gasteiger partial charge in [0.15, 0.2) is 6.10 Å². The third kappa shape index (κ3) is 4.31. The molecule has 0 saturated carbocycles. The van der Waals surface area contributed by atoms with Gasteiger partial charge in [-0.2, -0.15) is 0 Å². The average Bonchev–Trinajstić information content (AvgIpc) is 2.03. The van der Waals surface area contributed by atoms with Crippen LogP contribution in [0.15, 0.2) is 0 Å². The molecule has 2 N–H and O–H groups in total. The summed E-state index contributed by atoms with van der Waals surface area (Å²) in [7, 11) is 0. The monoisotopic (exact) mass is 176 g/mol. The minimum atomic E-state index is -1.04. The predicted molar refractivity (Wildman–Crippen MR) is 43.6 cm³/mol. The van der Waals surface area contributed by atoms with Crippen molar-refractivity contribution in [2.75, 3.05) is 6.61 Å². The Labute approximate surface area is 72.2 Å². The first kappa shape index (κ1) is 11.4. The van der Waals surface area contributed by atoms with Gasteiger partial charge in [-0.25, -0.2) is 4.79 Å². The largest absolute Gasteiger partial charge is 0.461 e. The Morgan fingerprint density at radius 3 is 2.58 bits per heavy atom. The molecule has 0 rings (SSSR count). The summed E-state index contributed by atoms with van der Waals surface area (Å²) in [5.41, 5.74) is 0. The third-order valence-electron chi connectivity index (χ3n) is 1.51. The molecule has 12 heavy (non-hydrogen) atoms. The molecular weight excluding hydrogens is 160 g/mol. The van der Waals surface area contributed by atoms with Crippen LogP contribution >= 0.6 is 0 Å². The summed E-state index contributed by atoms with van der Waals surface area (Å²) < 4.78 is 4.79. The summed E-state index contributed by atoms with van der Waals surface area (Å²) >= 11 is 0. The Hall–Kier alpha value is -0.610. The van der Waals surface area contributed by atoms with Crippen LogP contribution < -0.4 is 0 Å². The molecule has 0 aliphatic carbocycles. The van der Waals surface area contributed by atoms with Crippen LogP contribution in [0, 0.1) is 0 Å². The number of hydrogen-bond donors (Lipinski definition) is 2. The smallest absolute Gasteiger partial charge is 0.335 e. The fraction of sp³-hybridized carbons (Fsp3) is 0.875. The van der Waals surface area contributed by atoms with Crippen molar-refractivity contribution in [1.29, 1.82) is 0 Å². The summed E-state index contributed by atoms with van der Waals surface area (Å²) in [6.45, 7) is 3.36. The molecule has 0 aliphatic heterocycles. The summed E-state index contributed by atoms with van der Waals surface area (Å²) in [5.74, 6) is -0.613. The van der Waals surface area contributed by atoms with Gasteiger partial charge >= 0.3 is 5.97 Å². The van der Waals surface area contributed by atoms with E-state index >= 15 is 0 Å². The van der Waals surface area contributed by atoms with Crippen molar-refractivity contribution in [2.45, 2.75) is 38.9 Å². The van der Waals surface area contributed by atoms with Gasteiger partial charge in [-0.05, 0) is 13.3 Å². The fourth-order valence-corrected chi connectivity index (χ4v) is 0.684. The number of hydrogen-bond acceptors (Lipinski definition) is 4. The maximum absolute atomic E-state index is 10.9. The lowest BCUT2D eigenvalue weighted by atomic mass is 10.2. The minimum Gasteiger partial charge on any atom is -0.461 e.